The molecule has 2 amide bonds. The molecule has 0 heterocycles. The highest BCUT2D eigenvalue weighted by atomic mass is 32.2. The summed E-state index contributed by atoms with van der Waals surface area (Å²) in [4.78, 5) is 42.5. The molecule has 0 aromatic rings. The number of aliphatic carboxylic acids is 1. The number of aliphatic hydroxyl groups is 1. The molecule has 0 aliphatic heterocycles. The number of allylic oxidation sites excluding steroid dienone is 2. The smallest absolute Gasteiger partial charge is 0.326 e. The number of carbonyl (C=O) groups is 3. The van der Waals surface area contributed by atoms with E-state index in [0.717, 1.165) is 50.7 Å². The Morgan fingerprint density at radius 2 is 1.86 bits per heavy atom. The molecule has 238 valence electrons. The molecule has 0 aromatic heterocycles. The van der Waals surface area contributed by atoms with Crippen LogP contribution >= 0.6 is 11.8 Å². The van der Waals surface area contributed by atoms with E-state index in [1.807, 2.05) is 6.26 Å². The van der Waals surface area contributed by atoms with Crippen LogP contribution < -0.4 is 10.6 Å². The third-order valence-corrected chi connectivity index (χ3v) is 11.9. The summed E-state index contributed by atoms with van der Waals surface area (Å²) < 4.78 is 0. The third kappa shape index (κ3) is 6.49. The molecule has 0 aromatic carbocycles. The van der Waals surface area contributed by atoms with Gasteiger partial charge in [-0.05, 0) is 105 Å². The summed E-state index contributed by atoms with van der Waals surface area (Å²) in [6.45, 7) is 7.84. The molecule has 3 saturated carbocycles. The van der Waals surface area contributed by atoms with Crippen molar-refractivity contribution in [1.29, 1.82) is 0 Å². The first-order chi connectivity index (χ1) is 20.3. The molecule has 8 unspecified atom stereocenters. The highest BCUT2D eigenvalue weighted by molar-refractivity contribution is 7.98. The van der Waals surface area contributed by atoms with E-state index >= 15 is 0 Å². The number of oxime groups is 1. The predicted octanol–water partition coefficient (Wildman–Crippen LogP) is 4.15. The summed E-state index contributed by atoms with van der Waals surface area (Å²) in [5.41, 5.74) is 1.09. The second kappa shape index (κ2) is 13.2. The van der Waals surface area contributed by atoms with Gasteiger partial charge in [-0.2, -0.15) is 11.8 Å². The Bertz CT molecular complexity index is 1200. The van der Waals surface area contributed by atoms with E-state index in [9.17, 15) is 24.6 Å². The third-order valence-electron chi connectivity index (χ3n) is 11.2. The van der Waals surface area contributed by atoms with Crippen LogP contribution in [0, 0.1) is 46.8 Å². The number of nitrogens with one attached hydrogen (secondary N) is 2. The van der Waals surface area contributed by atoms with E-state index in [4.69, 9.17) is 11.3 Å². The molecular weight excluding hydrogens is 566 g/mol. The normalized spacial score (nSPS) is 35.4. The summed E-state index contributed by atoms with van der Waals surface area (Å²) in [6, 6.07) is -1.90. The van der Waals surface area contributed by atoms with Crippen molar-refractivity contribution < 1.29 is 29.4 Å². The number of carboxylic acids is 1. The van der Waals surface area contributed by atoms with Crippen molar-refractivity contribution in [3.8, 4) is 12.3 Å². The van der Waals surface area contributed by atoms with Gasteiger partial charge in [0.15, 0.2) is 6.61 Å². The first kappa shape index (κ1) is 33.4. The van der Waals surface area contributed by atoms with Crippen molar-refractivity contribution in [3.63, 3.8) is 0 Å². The minimum atomic E-state index is -1.10. The van der Waals surface area contributed by atoms with Crippen LogP contribution in [0.1, 0.15) is 85.5 Å². The number of thioether (sulfide) groups is 1. The molecule has 0 bridgehead atoms. The van der Waals surface area contributed by atoms with Crippen molar-refractivity contribution in [2.75, 3.05) is 18.6 Å². The van der Waals surface area contributed by atoms with Crippen LogP contribution in [0.4, 0.5) is 0 Å². The van der Waals surface area contributed by atoms with E-state index in [1.54, 1.807) is 13.8 Å². The predicted molar refractivity (Wildman–Crippen MR) is 168 cm³/mol. The Morgan fingerprint density at radius 3 is 2.51 bits per heavy atom. The van der Waals surface area contributed by atoms with Crippen LogP contribution in [-0.4, -0.2) is 70.0 Å². The van der Waals surface area contributed by atoms with Gasteiger partial charge < -0.3 is 25.7 Å². The van der Waals surface area contributed by atoms with Crippen LogP contribution in [0.2, 0.25) is 0 Å². The zero-order valence-electron chi connectivity index (χ0n) is 26.3. The number of carboxylic acid groups (broad SMARTS) is 1. The minimum Gasteiger partial charge on any atom is -0.480 e. The highest BCUT2D eigenvalue weighted by Crippen LogP contribution is 2.67. The van der Waals surface area contributed by atoms with Crippen molar-refractivity contribution in [2.24, 2.45) is 39.7 Å². The van der Waals surface area contributed by atoms with Crippen LogP contribution in [0.3, 0.4) is 0 Å². The van der Waals surface area contributed by atoms with Crippen LogP contribution in [0.25, 0.3) is 0 Å². The zero-order chi connectivity index (χ0) is 31.6. The maximum atomic E-state index is 12.8. The fourth-order valence-corrected chi connectivity index (χ4v) is 9.05. The van der Waals surface area contributed by atoms with Gasteiger partial charge in [0.2, 0.25) is 5.91 Å². The maximum Gasteiger partial charge on any atom is 0.326 e. The largest absolute Gasteiger partial charge is 0.480 e. The first-order valence-corrected chi connectivity index (χ1v) is 17.1. The molecule has 0 spiro atoms. The van der Waals surface area contributed by atoms with E-state index in [1.165, 1.54) is 17.3 Å². The topological polar surface area (TPSA) is 137 Å². The number of hydrogen-bond donors (Lipinski definition) is 4. The van der Waals surface area contributed by atoms with Crippen LogP contribution in [0.5, 0.6) is 0 Å². The van der Waals surface area contributed by atoms with Gasteiger partial charge in [0.25, 0.3) is 5.91 Å². The molecule has 3 fully saturated rings. The fourth-order valence-electron chi connectivity index (χ4n) is 8.57. The minimum absolute atomic E-state index is 0.0823. The lowest BCUT2D eigenvalue weighted by atomic mass is 9.46. The lowest BCUT2D eigenvalue weighted by Gasteiger charge is -2.58. The zero-order valence-corrected chi connectivity index (χ0v) is 27.1. The summed E-state index contributed by atoms with van der Waals surface area (Å²) in [6.07, 6.45) is 17.6. The number of fused-ring (bicyclic) bond motifs is 5. The van der Waals surface area contributed by atoms with Crippen LogP contribution in [0.15, 0.2) is 16.8 Å². The Kier molecular flexibility index (Phi) is 10.3. The van der Waals surface area contributed by atoms with Gasteiger partial charge in [-0.1, -0.05) is 44.3 Å². The van der Waals surface area contributed by atoms with Gasteiger partial charge in [-0.3, -0.25) is 9.59 Å². The standard InChI is InChI=1S/C33H49N3O6S/c1-7-33(41)16-12-25-23-9-8-21-18-22(10-14-31(21,4)24(23)11-15-32(25,33)5)36-42-19-27(37)35-28(20(2)3)29(38)34-26(30(39)40)13-17-43-6/h1,18,20,23-26,28,41H,8-17,19H2,2-6H3,(H,34,38)(H,35,37)(H,39,40). The highest BCUT2D eigenvalue weighted by Gasteiger charge is 2.63. The molecule has 4 aliphatic rings. The van der Waals surface area contributed by atoms with E-state index < -0.39 is 35.5 Å². The van der Waals surface area contributed by atoms with E-state index in [-0.39, 0.29) is 23.4 Å². The summed E-state index contributed by atoms with van der Waals surface area (Å²) in [5.74, 6) is 2.55. The lowest BCUT2D eigenvalue weighted by Crippen LogP contribution is -2.54. The Morgan fingerprint density at radius 1 is 1.14 bits per heavy atom. The number of rotatable bonds is 11. The van der Waals surface area contributed by atoms with Crippen molar-refractivity contribution in [3.05, 3.63) is 11.6 Å². The Hall–Kier alpha value is -2.51. The SMILES string of the molecule is C#CC1(O)CCC2C3CCC4=CC(=NOCC(=O)NC(C(=O)NC(CCSC)C(=O)O)C(C)C)CCC4(C)C3CCC21C. The Labute approximate surface area is 260 Å². The molecule has 10 heteroatoms. The number of amides is 2. The van der Waals surface area contributed by atoms with E-state index in [0.29, 0.717) is 36.3 Å². The molecule has 0 radical (unpaired) electrons. The first-order valence-electron chi connectivity index (χ1n) is 15.7. The lowest BCUT2D eigenvalue weighted by molar-refractivity contribution is -0.142. The average Bonchev–Trinajstić information content (AvgIpc) is 3.24. The molecule has 8 atom stereocenters. The molecule has 0 saturated heterocycles. The van der Waals surface area contributed by atoms with E-state index in [2.05, 4.69) is 41.6 Å². The number of hydrogen-bond acceptors (Lipinski definition) is 7. The van der Waals surface area contributed by atoms with Crippen LogP contribution in [-0.2, 0) is 19.2 Å². The summed E-state index contributed by atoms with van der Waals surface area (Å²) in [5, 5.41) is 30.2. The van der Waals surface area contributed by atoms with Crippen molar-refractivity contribution >= 4 is 35.3 Å². The van der Waals surface area contributed by atoms with Gasteiger partial charge in [-0.25, -0.2) is 4.79 Å². The second-order valence-corrected chi connectivity index (χ2v) is 14.8. The molecule has 9 nitrogen and oxygen atoms in total. The summed E-state index contributed by atoms with van der Waals surface area (Å²) in [7, 11) is 0. The Balaban J connectivity index is 1.34. The molecular formula is C33H49N3O6S. The van der Waals surface area contributed by atoms with Gasteiger partial charge in [0.05, 0.1) is 5.71 Å². The maximum absolute atomic E-state index is 12.8. The molecule has 4 aliphatic carbocycles. The van der Waals surface area contributed by atoms with Crippen molar-refractivity contribution in [1.82, 2.24) is 10.6 Å². The fraction of sp³-hybridized carbons (Fsp3) is 0.758. The van der Waals surface area contributed by atoms with Gasteiger partial charge in [0.1, 0.15) is 17.7 Å². The number of terminal acetylenes is 1. The average molecular weight is 616 g/mol. The summed E-state index contributed by atoms with van der Waals surface area (Å²) >= 11 is 1.50. The van der Waals surface area contributed by atoms with Crippen molar-refractivity contribution in [2.45, 2.75) is 103 Å². The number of nitrogens with zero attached hydrogens (tertiary/aromatic N) is 1. The van der Waals surface area contributed by atoms with Gasteiger partial charge in [-0.15, -0.1) is 6.42 Å². The quantitative estimate of drug-likeness (QED) is 0.202. The second-order valence-electron chi connectivity index (χ2n) is 13.8. The van der Waals surface area contributed by atoms with Gasteiger partial charge >= 0.3 is 5.97 Å². The molecule has 43 heavy (non-hydrogen) atoms. The number of carbonyl (C=O) groups excluding carboxylic acids is 2. The molecule has 4 rings (SSSR count). The van der Waals surface area contributed by atoms with Gasteiger partial charge in [0, 0.05) is 5.41 Å². The monoisotopic (exact) mass is 615 g/mol. The molecule has 4 N–H and O–H groups in total.